The molecule has 4 atom stereocenters. The van der Waals surface area contributed by atoms with Crippen LogP contribution in [0.15, 0.2) is 53.8 Å². The third kappa shape index (κ3) is 4.18. The summed E-state index contributed by atoms with van der Waals surface area (Å²) in [6, 6.07) is 12.0. The first-order valence-electron chi connectivity index (χ1n) is 12.5. The summed E-state index contributed by atoms with van der Waals surface area (Å²) in [7, 11) is 0. The number of rotatable bonds is 6. The molecule has 2 aromatic rings. The van der Waals surface area contributed by atoms with E-state index in [1.807, 2.05) is 18.2 Å². The summed E-state index contributed by atoms with van der Waals surface area (Å²) in [5, 5.41) is 0. The van der Waals surface area contributed by atoms with E-state index in [1.165, 1.54) is 0 Å². The van der Waals surface area contributed by atoms with Gasteiger partial charge in [0.1, 0.15) is 11.9 Å². The highest BCUT2D eigenvalue weighted by Gasteiger charge is 2.52. The van der Waals surface area contributed by atoms with Gasteiger partial charge in [0.15, 0.2) is 29.6 Å². The second-order valence-corrected chi connectivity index (χ2v) is 10.1. The number of ketones is 1. The first kappa shape index (κ1) is 23.4. The van der Waals surface area contributed by atoms with Crippen LogP contribution < -0.4 is 19.9 Å². The maximum absolute atomic E-state index is 13.9. The topological polar surface area (TPSA) is 117 Å². The molecular weight excluding hydrogens is 476 g/mol. The molecule has 1 saturated carbocycles. The van der Waals surface area contributed by atoms with Gasteiger partial charge in [-0.1, -0.05) is 25.1 Å². The molecule has 2 amide bonds. The number of hydrogen-bond donors (Lipinski definition) is 1. The predicted molar refractivity (Wildman–Crippen MR) is 130 cm³/mol. The Morgan fingerprint density at radius 2 is 1.86 bits per heavy atom. The molecule has 1 fully saturated rings. The molecule has 6 rings (SSSR count). The van der Waals surface area contributed by atoms with Crippen LogP contribution in [0.4, 0.5) is 0 Å². The highest BCUT2D eigenvalue weighted by molar-refractivity contribution is 6.11. The average molecular weight is 505 g/mol. The van der Waals surface area contributed by atoms with Crippen LogP contribution in [0.3, 0.4) is 0 Å². The predicted octanol–water partition coefficient (Wildman–Crippen LogP) is 3.02. The summed E-state index contributed by atoms with van der Waals surface area (Å²) in [4.78, 5) is 40.4. The Balaban J connectivity index is 1.36. The Morgan fingerprint density at radius 3 is 2.65 bits per heavy atom. The minimum absolute atomic E-state index is 0.00149. The van der Waals surface area contributed by atoms with Gasteiger partial charge in [0.05, 0.1) is 17.5 Å². The summed E-state index contributed by atoms with van der Waals surface area (Å²) in [5.41, 5.74) is 7.21. The van der Waals surface area contributed by atoms with Crippen molar-refractivity contribution >= 4 is 17.6 Å². The van der Waals surface area contributed by atoms with Crippen molar-refractivity contribution in [2.75, 3.05) is 13.4 Å². The molecule has 9 heteroatoms. The van der Waals surface area contributed by atoms with Gasteiger partial charge < -0.3 is 29.6 Å². The van der Waals surface area contributed by atoms with Gasteiger partial charge in [-0.3, -0.25) is 14.4 Å². The van der Waals surface area contributed by atoms with Gasteiger partial charge in [-0.2, -0.15) is 0 Å². The monoisotopic (exact) mass is 504 g/mol. The van der Waals surface area contributed by atoms with Gasteiger partial charge in [0, 0.05) is 6.54 Å². The van der Waals surface area contributed by atoms with Crippen LogP contribution in [0, 0.1) is 11.8 Å². The van der Waals surface area contributed by atoms with E-state index >= 15 is 0 Å². The third-order valence-electron chi connectivity index (χ3n) is 7.57. The third-order valence-corrected chi connectivity index (χ3v) is 7.57. The van der Waals surface area contributed by atoms with Crippen LogP contribution in [-0.4, -0.2) is 42.0 Å². The van der Waals surface area contributed by atoms with E-state index < -0.39 is 11.9 Å². The maximum Gasteiger partial charge on any atom is 0.290 e. The number of primary amides is 1. The Labute approximate surface area is 214 Å². The standard InChI is InChI=1S/C28H28N2O7/c1-15-2-8-20-19(10-15)26(32)24-25(17-4-6-18(7-5-17)34-13-23(29)31)30(28(33)27(24)37-20)12-16-3-9-21-22(11-16)36-14-35-21/h3-7,9,11,15,19-20,25H,2,8,10,12-14H2,1H3,(H2,29,31). The number of hydrogen-bond acceptors (Lipinski definition) is 7. The molecule has 3 aliphatic heterocycles. The molecule has 37 heavy (non-hydrogen) atoms. The van der Waals surface area contributed by atoms with Crippen LogP contribution in [-0.2, 0) is 25.7 Å². The first-order chi connectivity index (χ1) is 17.9. The van der Waals surface area contributed by atoms with E-state index in [1.54, 1.807) is 29.2 Å². The summed E-state index contributed by atoms with van der Waals surface area (Å²) < 4.78 is 22.6. The Morgan fingerprint density at radius 1 is 1.08 bits per heavy atom. The Hall–Kier alpha value is -4.01. The molecule has 0 spiro atoms. The zero-order valence-corrected chi connectivity index (χ0v) is 20.5. The minimum Gasteiger partial charge on any atom is -0.484 e. The highest BCUT2D eigenvalue weighted by atomic mass is 16.7. The fourth-order valence-corrected chi connectivity index (χ4v) is 5.77. The second kappa shape index (κ2) is 9.14. The van der Waals surface area contributed by atoms with Crippen LogP contribution >= 0.6 is 0 Å². The lowest BCUT2D eigenvalue weighted by Crippen LogP contribution is -2.41. The summed E-state index contributed by atoms with van der Waals surface area (Å²) >= 11 is 0. The zero-order chi connectivity index (χ0) is 25.7. The molecule has 4 unspecified atom stereocenters. The second-order valence-electron chi connectivity index (χ2n) is 10.1. The lowest BCUT2D eigenvalue weighted by atomic mass is 9.74. The zero-order valence-electron chi connectivity index (χ0n) is 20.5. The maximum atomic E-state index is 13.9. The van der Waals surface area contributed by atoms with Crippen molar-refractivity contribution in [3.8, 4) is 17.2 Å². The molecule has 0 radical (unpaired) electrons. The summed E-state index contributed by atoms with van der Waals surface area (Å²) in [6.45, 7) is 2.34. The van der Waals surface area contributed by atoms with Gasteiger partial charge in [0.25, 0.3) is 11.8 Å². The SMILES string of the molecule is CC1CCC2OC3=C(C(=O)C2C1)C(c1ccc(OCC(N)=O)cc1)N(Cc1ccc2c(c1)OCO2)C3=O. The molecule has 2 aromatic carbocycles. The van der Waals surface area contributed by atoms with Crippen LogP contribution in [0.1, 0.15) is 43.4 Å². The van der Waals surface area contributed by atoms with Crippen LogP contribution in [0.25, 0.3) is 0 Å². The minimum atomic E-state index is -0.608. The van der Waals surface area contributed by atoms with Crippen molar-refractivity contribution in [3.63, 3.8) is 0 Å². The number of fused-ring (bicyclic) bond motifs is 2. The average Bonchev–Trinajstić information content (AvgIpc) is 3.46. The van der Waals surface area contributed by atoms with Gasteiger partial charge in [-0.05, 0) is 60.6 Å². The molecule has 0 saturated heterocycles. The van der Waals surface area contributed by atoms with E-state index in [0.29, 0.717) is 28.7 Å². The smallest absolute Gasteiger partial charge is 0.290 e. The number of amides is 2. The van der Waals surface area contributed by atoms with Gasteiger partial charge in [-0.25, -0.2) is 0 Å². The van der Waals surface area contributed by atoms with Gasteiger partial charge >= 0.3 is 0 Å². The molecule has 9 nitrogen and oxygen atoms in total. The Bertz CT molecular complexity index is 1300. The van der Waals surface area contributed by atoms with Crippen molar-refractivity contribution < 1.29 is 33.3 Å². The molecule has 0 aromatic heterocycles. The lowest BCUT2D eigenvalue weighted by Gasteiger charge is -2.37. The number of benzene rings is 2. The molecule has 1 aliphatic carbocycles. The summed E-state index contributed by atoms with van der Waals surface area (Å²) in [5.74, 6) is 1.23. The quantitative estimate of drug-likeness (QED) is 0.643. The summed E-state index contributed by atoms with van der Waals surface area (Å²) in [6.07, 6.45) is 2.23. The number of carbonyl (C=O) groups excluding carboxylic acids is 3. The van der Waals surface area contributed by atoms with E-state index in [4.69, 9.17) is 24.7 Å². The number of carbonyl (C=O) groups is 3. The first-order valence-corrected chi connectivity index (χ1v) is 12.5. The number of nitrogens with two attached hydrogens (primary N) is 1. The fourth-order valence-electron chi connectivity index (χ4n) is 5.77. The van der Waals surface area contributed by atoms with Crippen molar-refractivity contribution in [1.82, 2.24) is 4.90 Å². The van der Waals surface area contributed by atoms with Crippen LogP contribution in [0.5, 0.6) is 17.2 Å². The molecule has 192 valence electrons. The van der Waals surface area contributed by atoms with E-state index in [9.17, 15) is 14.4 Å². The molecule has 2 N–H and O–H groups in total. The van der Waals surface area contributed by atoms with E-state index in [0.717, 1.165) is 30.4 Å². The fraction of sp³-hybridized carbons (Fsp3) is 0.393. The molecular formula is C28H28N2O7. The number of Topliss-reactive ketones (excluding diaryl/α,β-unsaturated/α-hetero) is 1. The normalized spacial score (nSPS) is 26.0. The Kier molecular flexibility index (Phi) is 5.78. The molecule has 3 heterocycles. The molecule has 0 bridgehead atoms. The van der Waals surface area contributed by atoms with Gasteiger partial charge in [0.2, 0.25) is 6.79 Å². The van der Waals surface area contributed by atoms with Crippen LogP contribution in [0.2, 0.25) is 0 Å². The number of nitrogens with zero attached hydrogens (tertiary/aromatic N) is 1. The highest BCUT2D eigenvalue weighted by Crippen LogP contribution is 2.48. The lowest BCUT2D eigenvalue weighted by molar-refractivity contribution is -0.136. The van der Waals surface area contributed by atoms with Crippen molar-refractivity contribution in [2.24, 2.45) is 17.6 Å². The number of ether oxygens (including phenoxy) is 4. The van der Waals surface area contributed by atoms with Crippen molar-refractivity contribution in [1.29, 1.82) is 0 Å². The largest absolute Gasteiger partial charge is 0.484 e. The van der Waals surface area contributed by atoms with Crippen molar-refractivity contribution in [2.45, 2.75) is 44.9 Å². The molecule has 4 aliphatic rings. The van der Waals surface area contributed by atoms with Gasteiger partial charge in [-0.15, -0.1) is 0 Å². The van der Waals surface area contributed by atoms with Crippen molar-refractivity contribution in [3.05, 3.63) is 64.9 Å². The van der Waals surface area contributed by atoms with E-state index in [2.05, 4.69) is 6.92 Å². The van der Waals surface area contributed by atoms with E-state index in [-0.39, 0.29) is 49.4 Å².